The number of rotatable bonds is 4. The van der Waals surface area contributed by atoms with Crippen LogP contribution >= 0.6 is 0 Å². The van der Waals surface area contributed by atoms with Crippen molar-refractivity contribution in [2.75, 3.05) is 26.2 Å². The van der Waals surface area contributed by atoms with Gasteiger partial charge in [0.15, 0.2) is 5.76 Å². The van der Waals surface area contributed by atoms with Crippen LogP contribution in [0.3, 0.4) is 0 Å². The third-order valence-corrected chi connectivity index (χ3v) is 5.40. The Balaban J connectivity index is 1.52. The van der Waals surface area contributed by atoms with E-state index in [0.717, 1.165) is 0 Å². The molecule has 1 aliphatic heterocycles. The van der Waals surface area contributed by atoms with Gasteiger partial charge in [-0.25, -0.2) is 0 Å². The van der Waals surface area contributed by atoms with Gasteiger partial charge in [0, 0.05) is 32.7 Å². The van der Waals surface area contributed by atoms with E-state index in [2.05, 4.69) is 0 Å². The van der Waals surface area contributed by atoms with Crippen molar-refractivity contribution in [2.24, 2.45) is 0 Å². The molecule has 156 valence electrons. The van der Waals surface area contributed by atoms with Gasteiger partial charge in [0.25, 0.3) is 5.91 Å². The lowest BCUT2D eigenvalue weighted by Gasteiger charge is -2.34. The molecule has 0 N–H and O–H groups in total. The lowest BCUT2D eigenvalue weighted by Crippen LogP contribution is -2.52. The molecule has 1 saturated heterocycles. The average Bonchev–Trinajstić information content (AvgIpc) is 3.32. The Bertz CT molecular complexity index is 1200. The summed E-state index contributed by atoms with van der Waals surface area (Å²) >= 11 is 0. The zero-order valence-corrected chi connectivity index (χ0v) is 16.6. The van der Waals surface area contributed by atoms with Crippen LogP contribution in [0, 0.1) is 0 Å². The number of furan rings is 1. The largest absolute Gasteiger partial charge is 0.459 e. The number of aromatic nitrogens is 2. The fraction of sp³-hybridized carbons (Fsp3) is 0.333. The van der Waals surface area contributed by atoms with Gasteiger partial charge in [-0.1, -0.05) is 12.1 Å². The summed E-state index contributed by atoms with van der Waals surface area (Å²) < 4.78 is 7.80. The summed E-state index contributed by atoms with van der Waals surface area (Å²) in [4.78, 5) is 53.6. The van der Waals surface area contributed by atoms with Crippen LogP contribution in [-0.2, 0) is 17.9 Å². The SMILES string of the molecule is CCn1c(=O)c(=O)n(CC(=O)N2CCN(C(=O)c3ccco3)CC2)c2ccccc21. The fourth-order valence-electron chi connectivity index (χ4n) is 3.79. The Hall–Kier alpha value is -3.62. The summed E-state index contributed by atoms with van der Waals surface area (Å²) in [7, 11) is 0. The van der Waals surface area contributed by atoms with E-state index in [-0.39, 0.29) is 24.1 Å². The third kappa shape index (κ3) is 3.42. The van der Waals surface area contributed by atoms with Gasteiger partial charge in [0.1, 0.15) is 6.54 Å². The van der Waals surface area contributed by atoms with Gasteiger partial charge >= 0.3 is 11.1 Å². The monoisotopic (exact) mass is 410 g/mol. The Morgan fingerprint density at radius 1 is 0.867 bits per heavy atom. The molecule has 30 heavy (non-hydrogen) atoms. The maximum atomic E-state index is 12.9. The lowest BCUT2D eigenvalue weighted by atomic mass is 10.2. The molecule has 0 atom stereocenters. The smallest absolute Gasteiger partial charge is 0.317 e. The lowest BCUT2D eigenvalue weighted by molar-refractivity contribution is -0.133. The van der Waals surface area contributed by atoms with Gasteiger partial charge in [-0.2, -0.15) is 0 Å². The summed E-state index contributed by atoms with van der Waals surface area (Å²) in [5, 5.41) is 0. The van der Waals surface area contributed by atoms with Gasteiger partial charge in [0.05, 0.1) is 17.3 Å². The topological polar surface area (TPSA) is 97.8 Å². The number of para-hydroxylation sites is 2. The Kier molecular flexibility index (Phi) is 5.26. The summed E-state index contributed by atoms with van der Waals surface area (Å²) in [6.07, 6.45) is 1.45. The van der Waals surface area contributed by atoms with E-state index in [1.165, 1.54) is 15.4 Å². The molecule has 3 aromatic rings. The van der Waals surface area contributed by atoms with Gasteiger partial charge in [-0.15, -0.1) is 0 Å². The minimum atomic E-state index is -0.712. The van der Waals surface area contributed by atoms with E-state index in [1.54, 1.807) is 53.1 Å². The second-order valence-corrected chi connectivity index (χ2v) is 7.08. The van der Waals surface area contributed by atoms with Crippen LogP contribution in [0.2, 0.25) is 0 Å². The zero-order chi connectivity index (χ0) is 21.3. The Morgan fingerprint density at radius 2 is 1.47 bits per heavy atom. The highest BCUT2D eigenvalue weighted by Crippen LogP contribution is 2.13. The number of nitrogens with zero attached hydrogens (tertiary/aromatic N) is 4. The van der Waals surface area contributed by atoms with Crippen LogP contribution in [0.4, 0.5) is 0 Å². The highest BCUT2D eigenvalue weighted by atomic mass is 16.3. The first-order valence-corrected chi connectivity index (χ1v) is 9.84. The van der Waals surface area contributed by atoms with E-state index in [0.29, 0.717) is 43.8 Å². The molecule has 0 radical (unpaired) electrons. The van der Waals surface area contributed by atoms with E-state index >= 15 is 0 Å². The molecule has 3 heterocycles. The first-order valence-electron chi connectivity index (χ1n) is 9.84. The minimum Gasteiger partial charge on any atom is -0.459 e. The molecule has 4 rings (SSSR count). The summed E-state index contributed by atoms with van der Waals surface area (Å²) in [5.41, 5.74) is -0.191. The molecule has 0 spiro atoms. The van der Waals surface area contributed by atoms with Crippen molar-refractivity contribution in [3.05, 3.63) is 69.1 Å². The predicted octanol–water partition coefficient (Wildman–Crippen LogP) is 0.761. The molecular weight excluding hydrogens is 388 g/mol. The molecular formula is C21H22N4O5. The van der Waals surface area contributed by atoms with Gasteiger partial charge in [0.2, 0.25) is 5.91 Å². The number of benzene rings is 1. The predicted molar refractivity (Wildman–Crippen MR) is 109 cm³/mol. The number of aryl methyl sites for hydroxylation is 1. The number of piperazine rings is 1. The molecule has 0 aliphatic carbocycles. The molecule has 0 bridgehead atoms. The van der Waals surface area contributed by atoms with Crippen molar-refractivity contribution in [1.82, 2.24) is 18.9 Å². The summed E-state index contributed by atoms with van der Waals surface area (Å²) in [5.74, 6) is -0.206. The summed E-state index contributed by atoms with van der Waals surface area (Å²) in [6, 6.07) is 10.3. The first-order chi connectivity index (χ1) is 14.5. The van der Waals surface area contributed by atoms with Gasteiger partial charge in [-0.3, -0.25) is 23.7 Å². The van der Waals surface area contributed by atoms with Gasteiger partial charge < -0.3 is 18.8 Å². The first kappa shape index (κ1) is 19.7. The van der Waals surface area contributed by atoms with Gasteiger partial charge in [-0.05, 0) is 31.2 Å². The van der Waals surface area contributed by atoms with Crippen LogP contribution in [0.15, 0.2) is 56.7 Å². The average molecular weight is 410 g/mol. The van der Waals surface area contributed by atoms with Crippen LogP contribution < -0.4 is 11.1 Å². The standard InChI is InChI=1S/C21H22N4O5/c1-2-24-15-6-3-4-7-16(15)25(21(29)20(24)28)14-18(26)22-9-11-23(12-10-22)19(27)17-8-5-13-30-17/h3-8,13H,2,9-12,14H2,1H3. The summed E-state index contributed by atoms with van der Waals surface area (Å²) in [6.45, 7) is 3.40. The second kappa shape index (κ2) is 8.02. The highest BCUT2D eigenvalue weighted by Gasteiger charge is 2.26. The molecule has 9 heteroatoms. The third-order valence-electron chi connectivity index (χ3n) is 5.40. The van der Waals surface area contributed by atoms with Crippen LogP contribution in [0.25, 0.3) is 11.0 Å². The van der Waals surface area contributed by atoms with Crippen LogP contribution in [-0.4, -0.2) is 56.9 Å². The van der Waals surface area contributed by atoms with E-state index < -0.39 is 11.1 Å². The number of fused-ring (bicyclic) bond motifs is 1. The normalized spacial score (nSPS) is 14.3. The molecule has 1 aliphatic rings. The molecule has 0 saturated carbocycles. The maximum Gasteiger partial charge on any atom is 0.317 e. The molecule has 1 aromatic carbocycles. The number of amides is 2. The van der Waals surface area contributed by atoms with E-state index in [9.17, 15) is 19.2 Å². The molecule has 0 unspecified atom stereocenters. The molecule has 1 fully saturated rings. The second-order valence-electron chi connectivity index (χ2n) is 7.08. The van der Waals surface area contributed by atoms with Crippen molar-refractivity contribution >= 4 is 22.8 Å². The quantitative estimate of drug-likeness (QED) is 0.592. The van der Waals surface area contributed by atoms with E-state index in [4.69, 9.17) is 4.42 Å². The number of carbonyl (C=O) groups excluding carboxylic acids is 2. The van der Waals surface area contributed by atoms with E-state index in [1.807, 2.05) is 0 Å². The maximum absolute atomic E-state index is 12.9. The van der Waals surface area contributed by atoms with Crippen molar-refractivity contribution in [3.8, 4) is 0 Å². The number of carbonyl (C=O) groups is 2. The van der Waals surface area contributed by atoms with Crippen LogP contribution in [0.5, 0.6) is 0 Å². The number of hydrogen-bond acceptors (Lipinski definition) is 5. The Labute approximate surface area is 171 Å². The van der Waals surface area contributed by atoms with Crippen molar-refractivity contribution in [1.29, 1.82) is 0 Å². The van der Waals surface area contributed by atoms with Crippen molar-refractivity contribution < 1.29 is 14.0 Å². The number of hydrogen-bond donors (Lipinski definition) is 0. The fourth-order valence-corrected chi connectivity index (χ4v) is 3.79. The highest BCUT2D eigenvalue weighted by molar-refractivity contribution is 5.91. The van der Waals surface area contributed by atoms with Crippen molar-refractivity contribution in [3.63, 3.8) is 0 Å². The van der Waals surface area contributed by atoms with Crippen LogP contribution in [0.1, 0.15) is 17.5 Å². The molecule has 9 nitrogen and oxygen atoms in total. The molecule has 2 amide bonds. The minimum absolute atomic E-state index is 0.211. The molecule has 2 aromatic heterocycles. The zero-order valence-electron chi connectivity index (χ0n) is 16.6. The Morgan fingerprint density at radius 3 is 2.07 bits per heavy atom. The van der Waals surface area contributed by atoms with Crippen molar-refractivity contribution in [2.45, 2.75) is 20.0 Å².